The van der Waals surface area contributed by atoms with Crippen LogP contribution in [0.2, 0.25) is 0 Å². The van der Waals surface area contributed by atoms with Gasteiger partial charge in [0.15, 0.2) is 0 Å². The van der Waals surface area contributed by atoms with Crippen LogP contribution in [-0.4, -0.2) is 17.7 Å². The van der Waals surface area contributed by atoms with Crippen molar-refractivity contribution in [3.63, 3.8) is 0 Å². The molecule has 0 aliphatic rings. The van der Waals surface area contributed by atoms with Crippen LogP contribution >= 0.6 is 0 Å². The first kappa shape index (κ1) is 14.5. The smallest absolute Gasteiger partial charge is 0.310 e. The fourth-order valence-corrected chi connectivity index (χ4v) is 1.48. The van der Waals surface area contributed by atoms with Gasteiger partial charge in [0.05, 0.1) is 19.1 Å². The number of benzene rings is 1. The molecule has 1 aromatic rings. The second kappa shape index (κ2) is 6.97. The Morgan fingerprint density at radius 1 is 1.39 bits per heavy atom. The molecule has 0 aliphatic carbocycles. The second-order valence-electron chi connectivity index (χ2n) is 4.56. The van der Waals surface area contributed by atoms with Crippen molar-refractivity contribution in [1.82, 2.24) is 0 Å². The minimum absolute atomic E-state index is 0.469. The van der Waals surface area contributed by atoms with Crippen molar-refractivity contribution >= 4 is 5.97 Å². The highest BCUT2D eigenvalue weighted by molar-refractivity contribution is 5.75. The molecule has 1 N–H and O–H groups in total. The monoisotopic (exact) mass is 248 g/mol. The van der Waals surface area contributed by atoms with E-state index in [0.717, 1.165) is 23.1 Å². The van der Waals surface area contributed by atoms with E-state index in [-0.39, 0.29) is 0 Å². The molecule has 0 aliphatic heterocycles. The quantitative estimate of drug-likeness (QED) is 0.594. The van der Waals surface area contributed by atoms with Crippen LogP contribution in [0.25, 0.3) is 0 Å². The fraction of sp³-hybridized carbons (Fsp3) is 0.400. The lowest BCUT2D eigenvalue weighted by Gasteiger charge is -2.08. The van der Waals surface area contributed by atoms with Crippen LogP contribution in [0.4, 0.5) is 0 Å². The largest absolute Gasteiger partial charge is 0.481 e. The molecule has 1 unspecified atom stereocenters. The van der Waals surface area contributed by atoms with Gasteiger partial charge in [0, 0.05) is 0 Å². The molecule has 0 saturated carbocycles. The van der Waals surface area contributed by atoms with E-state index in [1.165, 1.54) is 0 Å². The standard InChI is InChI=1S/C15H20O3/c1-11(2)8-9-18-10-13-4-6-14(7-5-13)12(3)15(16)17/h4-7,12H,1,8-10H2,2-3H3,(H,16,17). The molecule has 3 heteroatoms. The normalized spacial score (nSPS) is 12.1. The zero-order valence-electron chi connectivity index (χ0n) is 11.0. The average molecular weight is 248 g/mol. The van der Waals surface area contributed by atoms with Crippen molar-refractivity contribution in [2.75, 3.05) is 6.61 Å². The van der Waals surface area contributed by atoms with Crippen molar-refractivity contribution < 1.29 is 14.6 Å². The highest BCUT2D eigenvalue weighted by atomic mass is 16.5. The van der Waals surface area contributed by atoms with Crippen molar-refractivity contribution in [3.8, 4) is 0 Å². The van der Waals surface area contributed by atoms with E-state index in [1.54, 1.807) is 6.92 Å². The van der Waals surface area contributed by atoms with E-state index in [9.17, 15) is 4.79 Å². The molecule has 0 radical (unpaired) electrons. The van der Waals surface area contributed by atoms with Crippen LogP contribution in [0.15, 0.2) is 36.4 Å². The fourth-order valence-electron chi connectivity index (χ4n) is 1.48. The zero-order chi connectivity index (χ0) is 13.5. The summed E-state index contributed by atoms with van der Waals surface area (Å²) in [5.74, 6) is -1.27. The van der Waals surface area contributed by atoms with Crippen molar-refractivity contribution in [2.45, 2.75) is 32.8 Å². The molecule has 0 amide bonds. The van der Waals surface area contributed by atoms with Gasteiger partial charge in [0.2, 0.25) is 0 Å². The summed E-state index contributed by atoms with van der Waals surface area (Å²) >= 11 is 0. The number of carboxylic acid groups (broad SMARTS) is 1. The first-order valence-electron chi connectivity index (χ1n) is 6.04. The Hall–Kier alpha value is -1.61. The molecule has 0 bridgehead atoms. The van der Waals surface area contributed by atoms with Gasteiger partial charge in [-0.1, -0.05) is 29.8 Å². The number of ether oxygens (including phenoxy) is 1. The van der Waals surface area contributed by atoms with Gasteiger partial charge in [-0.15, -0.1) is 6.58 Å². The molecule has 0 spiro atoms. The van der Waals surface area contributed by atoms with Crippen LogP contribution < -0.4 is 0 Å². The molecule has 1 aromatic carbocycles. The Kier molecular flexibility index (Phi) is 5.59. The summed E-state index contributed by atoms with van der Waals surface area (Å²) in [7, 11) is 0. The Morgan fingerprint density at radius 3 is 2.50 bits per heavy atom. The molecule has 3 nitrogen and oxygen atoms in total. The van der Waals surface area contributed by atoms with E-state index < -0.39 is 11.9 Å². The molecule has 0 fully saturated rings. The number of hydrogen-bond donors (Lipinski definition) is 1. The van der Waals surface area contributed by atoms with Crippen molar-refractivity contribution in [2.24, 2.45) is 0 Å². The predicted octanol–water partition coefficient (Wildman–Crippen LogP) is 3.36. The van der Waals surface area contributed by atoms with Gasteiger partial charge in [0.25, 0.3) is 0 Å². The lowest BCUT2D eigenvalue weighted by molar-refractivity contribution is -0.138. The van der Waals surface area contributed by atoms with Gasteiger partial charge in [0.1, 0.15) is 0 Å². The molecule has 98 valence electrons. The third-order valence-electron chi connectivity index (χ3n) is 2.79. The SMILES string of the molecule is C=C(C)CCOCc1ccc(C(C)C(=O)O)cc1. The first-order valence-corrected chi connectivity index (χ1v) is 6.04. The molecule has 1 atom stereocenters. The number of rotatable bonds is 7. The van der Waals surface area contributed by atoms with Crippen LogP contribution in [0, 0.1) is 0 Å². The lowest BCUT2D eigenvalue weighted by Crippen LogP contribution is -2.07. The van der Waals surface area contributed by atoms with Crippen molar-refractivity contribution in [3.05, 3.63) is 47.5 Å². The average Bonchev–Trinajstić information content (AvgIpc) is 2.34. The summed E-state index contributed by atoms with van der Waals surface area (Å²) in [6.45, 7) is 8.69. The Morgan fingerprint density at radius 2 is 2.00 bits per heavy atom. The molecule has 0 saturated heterocycles. The van der Waals surface area contributed by atoms with E-state index in [2.05, 4.69) is 6.58 Å². The van der Waals surface area contributed by atoms with Crippen LogP contribution in [0.1, 0.15) is 37.3 Å². The third kappa shape index (κ3) is 4.72. The number of aliphatic carboxylic acids is 1. The van der Waals surface area contributed by atoms with E-state index >= 15 is 0 Å². The molecular formula is C15H20O3. The molecule has 18 heavy (non-hydrogen) atoms. The van der Waals surface area contributed by atoms with Crippen molar-refractivity contribution in [1.29, 1.82) is 0 Å². The van der Waals surface area contributed by atoms with Gasteiger partial charge >= 0.3 is 5.97 Å². The molecular weight excluding hydrogens is 228 g/mol. The van der Waals surface area contributed by atoms with Gasteiger partial charge in [-0.2, -0.15) is 0 Å². The summed E-state index contributed by atoms with van der Waals surface area (Å²) < 4.78 is 5.50. The zero-order valence-corrected chi connectivity index (χ0v) is 11.0. The number of carboxylic acids is 1. The summed E-state index contributed by atoms with van der Waals surface area (Å²) in [5, 5.41) is 8.90. The summed E-state index contributed by atoms with van der Waals surface area (Å²) in [4.78, 5) is 10.8. The summed E-state index contributed by atoms with van der Waals surface area (Å²) in [6.07, 6.45) is 0.869. The Bertz CT molecular complexity index is 406. The lowest BCUT2D eigenvalue weighted by atomic mass is 10.0. The maximum Gasteiger partial charge on any atom is 0.310 e. The summed E-state index contributed by atoms with van der Waals surface area (Å²) in [5.41, 5.74) is 2.98. The first-order chi connectivity index (χ1) is 8.50. The molecule has 0 heterocycles. The highest BCUT2D eigenvalue weighted by Crippen LogP contribution is 2.16. The molecule has 0 aromatic heterocycles. The number of carbonyl (C=O) groups is 1. The molecule has 1 rings (SSSR count). The Balaban J connectivity index is 2.45. The maximum absolute atomic E-state index is 10.8. The van der Waals surface area contributed by atoms with Gasteiger partial charge in [-0.3, -0.25) is 4.79 Å². The van der Waals surface area contributed by atoms with Gasteiger partial charge in [-0.25, -0.2) is 0 Å². The highest BCUT2D eigenvalue weighted by Gasteiger charge is 2.12. The number of hydrogen-bond acceptors (Lipinski definition) is 2. The minimum atomic E-state index is -0.805. The van der Waals surface area contributed by atoms with Gasteiger partial charge in [-0.05, 0) is 31.4 Å². The Labute approximate surface area is 108 Å². The predicted molar refractivity (Wildman–Crippen MR) is 71.6 cm³/mol. The van der Waals surface area contributed by atoms with Gasteiger partial charge < -0.3 is 9.84 Å². The van der Waals surface area contributed by atoms with Crippen LogP contribution in [0.3, 0.4) is 0 Å². The maximum atomic E-state index is 10.8. The third-order valence-corrected chi connectivity index (χ3v) is 2.79. The minimum Gasteiger partial charge on any atom is -0.481 e. The van der Waals surface area contributed by atoms with E-state index in [4.69, 9.17) is 9.84 Å². The second-order valence-corrected chi connectivity index (χ2v) is 4.56. The summed E-state index contributed by atoms with van der Waals surface area (Å²) in [6, 6.07) is 7.51. The van der Waals surface area contributed by atoms with Crippen LogP contribution in [-0.2, 0) is 16.1 Å². The van der Waals surface area contributed by atoms with E-state index in [0.29, 0.717) is 13.2 Å². The van der Waals surface area contributed by atoms with Crippen LogP contribution in [0.5, 0.6) is 0 Å². The van der Waals surface area contributed by atoms with E-state index in [1.807, 2.05) is 31.2 Å². The topological polar surface area (TPSA) is 46.5 Å².